The second-order valence-electron chi connectivity index (χ2n) is 17.1. The van der Waals surface area contributed by atoms with Gasteiger partial charge in [0.1, 0.15) is 75.3 Å². The van der Waals surface area contributed by atoms with E-state index >= 15 is 0 Å². The van der Waals surface area contributed by atoms with E-state index in [0.717, 1.165) is 0 Å². The summed E-state index contributed by atoms with van der Waals surface area (Å²) in [5, 5.41) is 3.12. The van der Waals surface area contributed by atoms with Gasteiger partial charge >= 0.3 is 6.09 Å². The van der Waals surface area contributed by atoms with E-state index in [-0.39, 0.29) is 61.5 Å². The smallest absolute Gasteiger partial charge is 0.410 e. The number of halogens is 2. The first kappa shape index (κ1) is 50.1. The number of hydrogen-bond donors (Lipinski definition) is 5. The van der Waals surface area contributed by atoms with Crippen molar-refractivity contribution in [1.82, 2.24) is 30.2 Å². The fourth-order valence-corrected chi connectivity index (χ4v) is 7.32. The number of nitrogens with zero attached hydrogens (tertiary/aromatic N) is 7. The zero-order valence-electron chi connectivity index (χ0n) is 38.8. The number of primary amides is 4. The predicted molar refractivity (Wildman–Crippen MR) is 258 cm³/mol. The minimum absolute atomic E-state index is 0. The lowest BCUT2D eigenvalue weighted by Crippen LogP contribution is -2.60. The summed E-state index contributed by atoms with van der Waals surface area (Å²) in [6.07, 6.45) is -0.558. The quantitative estimate of drug-likeness (QED) is 0.110. The van der Waals surface area contributed by atoms with Gasteiger partial charge in [0, 0.05) is 57.4 Å². The highest BCUT2D eigenvalue weighted by Gasteiger charge is 2.36. The van der Waals surface area contributed by atoms with Crippen molar-refractivity contribution in [2.75, 3.05) is 49.1 Å². The number of rotatable bonds is 12. The van der Waals surface area contributed by atoms with Crippen molar-refractivity contribution in [1.29, 1.82) is 0 Å². The molecule has 71 heavy (non-hydrogen) atoms. The summed E-state index contributed by atoms with van der Waals surface area (Å²) in [5.74, 6) is -0.310. The molecule has 2 saturated heterocycles. The van der Waals surface area contributed by atoms with Crippen LogP contribution in [0, 0.1) is 11.6 Å². The summed E-state index contributed by atoms with van der Waals surface area (Å²) in [5.41, 5.74) is 22.7. The number of amides is 5. The Hall–Kier alpha value is -8.79. The third-order valence-corrected chi connectivity index (χ3v) is 10.8. The number of benzene rings is 4. The lowest BCUT2D eigenvalue weighted by Gasteiger charge is -2.40. The maximum Gasteiger partial charge on any atom is 0.410 e. The molecule has 8 rings (SSSR count). The summed E-state index contributed by atoms with van der Waals surface area (Å²) in [4.78, 5) is 83.3. The number of nitrogens with one attached hydrogen (secondary N) is 1. The third-order valence-electron chi connectivity index (χ3n) is 10.8. The van der Waals surface area contributed by atoms with Gasteiger partial charge in [0.25, 0.3) is 11.8 Å². The lowest BCUT2D eigenvalue weighted by atomic mass is 10.1. The molecule has 4 aromatic carbocycles. The van der Waals surface area contributed by atoms with Crippen molar-refractivity contribution in [2.45, 2.75) is 38.5 Å². The van der Waals surface area contributed by atoms with Crippen molar-refractivity contribution in [3.05, 3.63) is 132 Å². The van der Waals surface area contributed by atoms with Gasteiger partial charge in [-0.3, -0.25) is 19.2 Å². The Morgan fingerprint density at radius 3 is 1.39 bits per heavy atom. The Labute approximate surface area is 407 Å². The maximum absolute atomic E-state index is 13.2. The molecule has 22 heteroatoms. The van der Waals surface area contributed by atoms with Gasteiger partial charge in [0.2, 0.25) is 11.8 Å². The van der Waals surface area contributed by atoms with Crippen LogP contribution in [-0.4, -0.2) is 112 Å². The van der Waals surface area contributed by atoms with Crippen LogP contribution in [0.3, 0.4) is 0 Å². The van der Waals surface area contributed by atoms with Crippen LogP contribution in [0.1, 0.15) is 43.2 Å². The van der Waals surface area contributed by atoms with Gasteiger partial charge in [0.15, 0.2) is 11.6 Å². The molecule has 2 atom stereocenters. The van der Waals surface area contributed by atoms with E-state index in [9.17, 15) is 32.8 Å². The Bertz CT molecular complexity index is 2910. The summed E-state index contributed by atoms with van der Waals surface area (Å²) in [7, 11) is 0. The van der Waals surface area contributed by atoms with Crippen molar-refractivity contribution < 1.29 is 48.4 Å². The van der Waals surface area contributed by atoms with Gasteiger partial charge in [-0.1, -0.05) is 0 Å². The Balaban J connectivity index is 0.000000236. The van der Waals surface area contributed by atoms with Crippen LogP contribution in [-0.2, 0) is 14.3 Å². The molecule has 20 nitrogen and oxygen atoms in total. The van der Waals surface area contributed by atoms with Crippen molar-refractivity contribution in [2.24, 2.45) is 22.9 Å². The molecule has 5 amide bonds. The highest BCUT2D eigenvalue weighted by atomic mass is 19.1. The largest absolute Gasteiger partial charge is 0.457 e. The monoisotopic (exact) mass is 974 g/mol. The van der Waals surface area contributed by atoms with E-state index in [1.807, 2.05) is 0 Å². The van der Waals surface area contributed by atoms with Crippen molar-refractivity contribution in [3.63, 3.8) is 0 Å². The predicted octanol–water partition coefficient (Wildman–Crippen LogP) is 4.77. The fourth-order valence-electron chi connectivity index (χ4n) is 7.32. The molecule has 4 heterocycles. The molecular formula is C49H52F2N12O8. The number of piperazine rings is 2. The van der Waals surface area contributed by atoms with Crippen LogP contribution in [0.25, 0.3) is 22.8 Å². The molecule has 0 spiro atoms. The van der Waals surface area contributed by atoms with Crippen LogP contribution in [0.15, 0.2) is 109 Å². The molecule has 9 N–H and O–H groups in total. The van der Waals surface area contributed by atoms with Crippen LogP contribution < -0.4 is 47.5 Å². The van der Waals surface area contributed by atoms with Gasteiger partial charge in [-0.05, 0) is 118 Å². The highest BCUT2D eigenvalue weighted by Crippen LogP contribution is 2.30. The molecule has 0 saturated carbocycles. The third kappa shape index (κ3) is 13.1. The zero-order valence-corrected chi connectivity index (χ0v) is 38.8. The summed E-state index contributed by atoms with van der Waals surface area (Å²) < 4.78 is 43.1. The van der Waals surface area contributed by atoms with Crippen molar-refractivity contribution >= 4 is 41.4 Å². The minimum Gasteiger partial charge on any atom is -0.457 e. The van der Waals surface area contributed by atoms with Gasteiger partial charge in [-0.2, -0.15) is 0 Å². The molecule has 6 aromatic rings. The fraction of sp³-hybridized carbons (Fsp3) is 0.245. The van der Waals surface area contributed by atoms with Crippen LogP contribution in [0.5, 0.6) is 23.0 Å². The van der Waals surface area contributed by atoms with Gasteiger partial charge in [-0.15, -0.1) is 0 Å². The number of nitrogens with two attached hydrogens (primary N) is 4. The average Bonchev–Trinajstić information content (AvgIpc) is 3.35. The normalized spacial score (nSPS) is 15.7. The Kier molecular flexibility index (Phi) is 15.3. The first-order valence-corrected chi connectivity index (χ1v) is 22.1. The van der Waals surface area contributed by atoms with Crippen LogP contribution in [0.4, 0.5) is 25.2 Å². The first-order chi connectivity index (χ1) is 33.8. The van der Waals surface area contributed by atoms with Gasteiger partial charge < -0.3 is 57.2 Å². The lowest BCUT2D eigenvalue weighted by molar-refractivity contribution is -0.120. The van der Waals surface area contributed by atoms with E-state index in [4.69, 9.17) is 37.1 Å². The SMILES string of the molecule is CC(C)(C)OC(=O)N1CCN(c2cc(C(N)=O)nc(-c3ccc(Oc4ccc(F)cc4)cc3)n2)C(C(N)=O)C1.NC(=O)c1cc(N2CCNCC2C(N)=O)nc(-c2ccc(Oc3ccc(F)cc3)cc2)n1.[HH]. The van der Waals surface area contributed by atoms with E-state index in [1.165, 1.54) is 65.6 Å². The molecule has 0 aliphatic carbocycles. The summed E-state index contributed by atoms with van der Waals surface area (Å²) >= 11 is 0. The summed E-state index contributed by atoms with van der Waals surface area (Å²) in [6.45, 7) is 7.15. The number of hydrogen-bond acceptors (Lipinski definition) is 15. The average molecular weight is 975 g/mol. The Morgan fingerprint density at radius 1 is 0.592 bits per heavy atom. The summed E-state index contributed by atoms with van der Waals surface area (Å²) in [6, 6.07) is 26.2. The van der Waals surface area contributed by atoms with Crippen LogP contribution in [0.2, 0.25) is 0 Å². The van der Waals surface area contributed by atoms with E-state index in [0.29, 0.717) is 59.6 Å². The Morgan fingerprint density at radius 2 is 1.00 bits per heavy atom. The molecule has 0 radical (unpaired) electrons. The number of carbonyl (C=O) groups is 5. The molecule has 2 aliphatic heterocycles. The van der Waals surface area contributed by atoms with Gasteiger partial charge in [-0.25, -0.2) is 33.5 Å². The van der Waals surface area contributed by atoms with E-state index in [2.05, 4.69) is 25.3 Å². The molecule has 370 valence electrons. The number of anilines is 2. The van der Waals surface area contributed by atoms with E-state index in [1.54, 1.807) is 79.1 Å². The molecule has 2 fully saturated rings. The molecule has 2 aliphatic rings. The minimum atomic E-state index is -0.929. The second-order valence-corrected chi connectivity index (χ2v) is 17.1. The topological polar surface area (TPSA) is 290 Å². The van der Waals surface area contributed by atoms with Gasteiger partial charge in [0.05, 0.1) is 6.54 Å². The van der Waals surface area contributed by atoms with Crippen LogP contribution >= 0.6 is 0 Å². The number of aromatic nitrogens is 4. The molecule has 2 aromatic heterocycles. The standard InChI is InChI=1S/C27H29FN6O5.C22H21FN6O3.H2/c1-27(2,3)39-26(37)33-12-13-34(21(15-33)24(30)36)22-14-20(23(29)35)31-25(32-22)16-4-8-18(9-5-16)38-19-10-6-17(28)7-11-19;23-14-3-7-16(8-4-14)32-15-5-1-13(2-6-15)22-27-17(20(24)30)11-19(28-22)29-10-9-26-12-18(29)21(25)31;/h4-11,14,21H,12-13,15H2,1-3H3,(H2,29,35)(H2,30,36);1-8,11,18,26H,9-10,12H2,(H2,24,30)(H2,25,31);1H. The first-order valence-electron chi connectivity index (χ1n) is 22.1. The van der Waals surface area contributed by atoms with Crippen molar-refractivity contribution in [3.8, 4) is 45.8 Å². The van der Waals surface area contributed by atoms with E-state index < -0.39 is 47.4 Å². The molecular weight excluding hydrogens is 923 g/mol. The highest BCUT2D eigenvalue weighted by molar-refractivity contribution is 5.93. The number of carbonyl (C=O) groups excluding carboxylic acids is 5. The molecule has 0 bridgehead atoms. The second kappa shape index (κ2) is 21.7. The maximum atomic E-state index is 13.2. The zero-order chi connectivity index (χ0) is 51.0. The number of ether oxygens (including phenoxy) is 3. The molecule has 2 unspecified atom stereocenters.